The van der Waals surface area contributed by atoms with Crippen LogP contribution in [0.2, 0.25) is 0 Å². The van der Waals surface area contributed by atoms with Crippen molar-refractivity contribution in [2.45, 2.75) is 13.0 Å². The number of likely N-dealkylation sites (N-methyl/N-ethyl adjacent to an activating group) is 1. The van der Waals surface area contributed by atoms with Crippen LogP contribution in [-0.2, 0) is 9.53 Å². The number of benzene rings is 1. The highest BCUT2D eigenvalue weighted by Gasteiger charge is 2.34. The van der Waals surface area contributed by atoms with Crippen molar-refractivity contribution in [2.75, 3.05) is 33.4 Å². The van der Waals surface area contributed by atoms with Crippen molar-refractivity contribution in [2.24, 2.45) is 0 Å². The molecule has 0 radical (unpaired) electrons. The summed E-state index contributed by atoms with van der Waals surface area (Å²) in [5, 5.41) is 9.94. The Bertz CT molecular complexity index is 615. The van der Waals surface area contributed by atoms with Gasteiger partial charge >= 0.3 is 12.0 Å². The number of hydrogen-bond donors (Lipinski definition) is 1. The molecule has 130 valence electrons. The fourth-order valence-electron chi connectivity index (χ4n) is 2.21. The van der Waals surface area contributed by atoms with Crippen LogP contribution >= 0.6 is 0 Å². The molecule has 1 N–H and O–H groups in total. The molecular weight excluding hydrogens is 316 g/mol. The van der Waals surface area contributed by atoms with E-state index >= 15 is 0 Å². The molecule has 1 atom stereocenters. The average Bonchev–Trinajstić information content (AvgIpc) is 2.80. The van der Waals surface area contributed by atoms with Gasteiger partial charge in [-0.05, 0) is 31.2 Å². The van der Waals surface area contributed by atoms with E-state index in [0.29, 0.717) is 17.9 Å². The van der Waals surface area contributed by atoms with Crippen LogP contribution in [0.15, 0.2) is 24.3 Å². The number of carbonyl (C=O) groups is 3. The van der Waals surface area contributed by atoms with Crippen LogP contribution in [0, 0.1) is 0 Å². The van der Waals surface area contributed by atoms with Gasteiger partial charge in [0.05, 0.1) is 18.7 Å². The van der Waals surface area contributed by atoms with Gasteiger partial charge in [-0.15, -0.1) is 0 Å². The molecule has 2 rings (SSSR count). The molecule has 0 aliphatic carbocycles. The maximum absolute atomic E-state index is 11.7. The number of aliphatic hydroxyl groups excluding tert-OH is 1. The van der Waals surface area contributed by atoms with Gasteiger partial charge in [-0.3, -0.25) is 9.69 Å². The molecule has 0 unspecified atom stereocenters. The highest BCUT2D eigenvalue weighted by atomic mass is 16.5. The molecule has 0 spiro atoms. The van der Waals surface area contributed by atoms with E-state index in [9.17, 15) is 19.5 Å². The van der Waals surface area contributed by atoms with Crippen molar-refractivity contribution >= 4 is 17.9 Å². The predicted molar refractivity (Wildman–Crippen MR) is 83.6 cm³/mol. The van der Waals surface area contributed by atoms with Gasteiger partial charge in [-0.2, -0.15) is 0 Å². The summed E-state index contributed by atoms with van der Waals surface area (Å²) in [5.74, 6) is -0.308. The standard InChI is InChI=1S/C16H20N2O6/c1-3-23-15(21)11-4-6-13(7-5-11)24-10-12(19)8-18-14(20)9-17(2)16(18)22/h4-7,12,19H,3,8-10H2,1-2H3/t12-/m0/s1. The van der Waals surface area contributed by atoms with Crippen LogP contribution in [0.1, 0.15) is 17.3 Å². The zero-order chi connectivity index (χ0) is 17.7. The van der Waals surface area contributed by atoms with Crippen molar-refractivity contribution < 1.29 is 29.0 Å². The Morgan fingerprint density at radius 1 is 1.29 bits per heavy atom. The van der Waals surface area contributed by atoms with Gasteiger partial charge in [0.2, 0.25) is 5.91 Å². The van der Waals surface area contributed by atoms with Crippen LogP contribution in [0.5, 0.6) is 5.75 Å². The van der Waals surface area contributed by atoms with Gasteiger partial charge < -0.3 is 19.5 Å². The smallest absolute Gasteiger partial charge is 0.338 e. The van der Waals surface area contributed by atoms with Crippen LogP contribution in [-0.4, -0.2) is 72.3 Å². The number of ether oxygens (including phenoxy) is 2. The molecule has 1 fully saturated rings. The number of nitrogens with zero attached hydrogens (tertiary/aromatic N) is 2. The first-order valence-electron chi connectivity index (χ1n) is 7.56. The second-order valence-electron chi connectivity index (χ2n) is 5.35. The summed E-state index contributed by atoms with van der Waals surface area (Å²) in [6.45, 7) is 1.83. The minimum absolute atomic E-state index is 0.0156. The SMILES string of the molecule is CCOC(=O)c1ccc(OC[C@@H](O)CN2C(=O)CN(C)C2=O)cc1. The van der Waals surface area contributed by atoms with Gasteiger partial charge in [0.1, 0.15) is 25.0 Å². The summed E-state index contributed by atoms with van der Waals surface area (Å²) in [7, 11) is 1.52. The predicted octanol–water partition coefficient (Wildman–Crippen LogP) is 0.497. The zero-order valence-electron chi connectivity index (χ0n) is 13.6. The number of aliphatic hydroxyl groups is 1. The van der Waals surface area contributed by atoms with Crippen molar-refractivity contribution in [3.05, 3.63) is 29.8 Å². The maximum atomic E-state index is 11.7. The van der Waals surface area contributed by atoms with Gasteiger partial charge in [0.15, 0.2) is 0 Å². The first-order valence-corrected chi connectivity index (χ1v) is 7.56. The van der Waals surface area contributed by atoms with Crippen LogP contribution < -0.4 is 4.74 Å². The summed E-state index contributed by atoms with van der Waals surface area (Å²) >= 11 is 0. The van der Waals surface area contributed by atoms with Crippen molar-refractivity contribution in [1.29, 1.82) is 0 Å². The molecule has 0 saturated carbocycles. The number of amides is 3. The second-order valence-corrected chi connectivity index (χ2v) is 5.35. The molecule has 8 nitrogen and oxygen atoms in total. The lowest BCUT2D eigenvalue weighted by atomic mass is 10.2. The Balaban J connectivity index is 1.83. The monoisotopic (exact) mass is 336 g/mol. The van der Waals surface area contributed by atoms with E-state index in [2.05, 4.69) is 0 Å². The van der Waals surface area contributed by atoms with E-state index in [1.165, 1.54) is 11.9 Å². The number of urea groups is 1. The molecule has 24 heavy (non-hydrogen) atoms. The third kappa shape index (κ3) is 4.23. The van der Waals surface area contributed by atoms with E-state index < -0.39 is 18.1 Å². The Hall–Kier alpha value is -2.61. The number of carbonyl (C=O) groups excluding carboxylic acids is 3. The van der Waals surface area contributed by atoms with E-state index in [1.54, 1.807) is 31.2 Å². The number of esters is 1. The van der Waals surface area contributed by atoms with Gasteiger partial charge in [0.25, 0.3) is 0 Å². The highest BCUT2D eigenvalue weighted by molar-refractivity contribution is 6.01. The molecule has 1 aromatic carbocycles. The highest BCUT2D eigenvalue weighted by Crippen LogP contribution is 2.14. The molecule has 0 bridgehead atoms. The van der Waals surface area contributed by atoms with E-state index in [4.69, 9.17) is 9.47 Å². The number of β-amino-alcohol motifs (C(OH)–C–C–N with tert-alkyl or cyclic N) is 1. The lowest BCUT2D eigenvalue weighted by Crippen LogP contribution is -2.40. The molecule has 1 heterocycles. The summed E-state index contributed by atoms with van der Waals surface area (Å²) < 4.78 is 10.3. The first kappa shape index (κ1) is 17.7. The molecule has 1 saturated heterocycles. The molecule has 1 aliphatic heterocycles. The molecule has 8 heteroatoms. The third-order valence-electron chi connectivity index (χ3n) is 3.43. The summed E-state index contributed by atoms with van der Waals surface area (Å²) in [6.07, 6.45) is -1.01. The van der Waals surface area contributed by atoms with E-state index in [-0.39, 0.29) is 25.6 Å². The topological polar surface area (TPSA) is 96.4 Å². The summed E-state index contributed by atoms with van der Waals surface area (Å²) in [5.41, 5.74) is 0.404. The number of rotatable bonds is 7. The fraction of sp³-hybridized carbons (Fsp3) is 0.438. The second kappa shape index (κ2) is 7.78. The Kier molecular flexibility index (Phi) is 5.75. The normalized spacial score (nSPS) is 15.6. The first-order chi connectivity index (χ1) is 11.4. The fourth-order valence-corrected chi connectivity index (χ4v) is 2.21. The molecule has 0 aromatic heterocycles. The summed E-state index contributed by atoms with van der Waals surface area (Å²) in [6, 6.07) is 5.85. The quantitative estimate of drug-likeness (QED) is 0.575. The average molecular weight is 336 g/mol. The van der Waals surface area contributed by atoms with E-state index in [0.717, 1.165) is 4.90 Å². The maximum Gasteiger partial charge on any atom is 0.338 e. The van der Waals surface area contributed by atoms with Crippen LogP contribution in [0.25, 0.3) is 0 Å². The minimum Gasteiger partial charge on any atom is -0.491 e. The van der Waals surface area contributed by atoms with Gasteiger partial charge in [0, 0.05) is 7.05 Å². The van der Waals surface area contributed by atoms with Crippen molar-refractivity contribution in [3.8, 4) is 5.75 Å². The molecule has 3 amide bonds. The Labute approximate surface area is 139 Å². The Morgan fingerprint density at radius 2 is 1.96 bits per heavy atom. The largest absolute Gasteiger partial charge is 0.491 e. The third-order valence-corrected chi connectivity index (χ3v) is 3.43. The lowest BCUT2D eigenvalue weighted by molar-refractivity contribution is -0.126. The Morgan fingerprint density at radius 3 is 2.50 bits per heavy atom. The van der Waals surface area contributed by atoms with Gasteiger partial charge in [-0.1, -0.05) is 0 Å². The summed E-state index contributed by atoms with van der Waals surface area (Å²) in [4.78, 5) is 37.1. The molecule has 1 aromatic rings. The lowest BCUT2D eigenvalue weighted by Gasteiger charge is -2.18. The number of imide groups is 1. The van der Waals surface area contributed by atoms with E-state index in [1.807, 2.05) is 0 Å². The molecule has 1 aliphatic rings. The minimum atomic E-state index is -1.01. The van der Waals surface area contributed by atoms with Crippen molar-refractivity contribution in [1.82, 2.24) is 9.80 Å². The van der Waals surface area contributed by atoms with Crippen LogP contribution in [0.4, 0.5) is 4.79 Å². The molecular formula is C16H20N2O6. The number of hydrogen-bond acceptors (Lipinski definition) is 6. The van der Waals surface area contributed by atoms with Crippen molar-refractivity contribution in [3.63, 3.8) is 0 Å². The van der Waals surface area contributed by atoms with Crippen LogP contribution in [0.3, 0.4) is 0 Å². The zero-order valence-corrected chi connectivity index (χ0v) is 13.6. The van der Waals surface area contributed by atoms with Gasteiger partial charge in [-0.25, -0.2) is 9.59 Å².